The van der Waals surface area contributed by atoms with Crippen molar-refractivity contribution >= 4 is 57.8 Å². The fourth-order valence-corrected chi connectivity index (χ4v) is 2.77. The van der Waals surface area contributed by atoms with Gasteiger partial charge in [0.1, 0.15) is 5.75 Å². The van der Waals surface area contributed by atoms with Gasteiger partial charge in [-0.05, 0) is 49.5 Å². The molecule has 1 amide bonds. The van der Waals surface area contributed by atoms with Crippen LogP contribution in [0.1, 0.15) is 6.92 Å². The van der Waals surface area contributed by atoms with E-state index in [9.17, 15) is 14.9 Å². The van der Waals surface area contributed by atoms with E-state index in [2.05, 4.69) is 10.6 Å². The maximum absolute atomic E-state index is 12.2. The minimum Gasteiger partial charge on any atom is -0.490 e. The summed E-state index contributed by atoms with van der Waals surface area (Å²) in [7, 11) is 1.33. The molecule has 0 radical (unpaired) electrons. The first-order chi connectivity index (χ1) is 13.2. The lowest BCUT2D eigenvalue weighted by Crippen LogP contribution is -2.42. The molecule has 1 atom stereocenters. The highest BCUT2D eigenvalue weighted by Gasteiger charge is 2.19. The highest BCUT2D eigenvalue weighted by molar-refractivity contribution is 7.80. The van der Waals surface area contributed by atoms with Crippen LogP contribution < -0.4 is 20.1 Å². The average Bonchev–Trinajstić information content (AvgIpc) is 2.63. The molecule has 0 bridgehead atoms. The van der Waals surface area contributed by atoms with E-state index in [1.54, 1.807) is 12.1 Å². The van der Waals surface area contributed by atoms with Crippen LogP contribution in [0, 0.1) is 10.1 Å². The van der Waals surface area contributed by atoms with Crippen molar-refractivity contribution in [2.75, 3.05) is 12.4 Å². The number of nitro benzene ring substituents is 1. The molecule has 2 N–H and O–H groups in total. The topological polar surface area (TPSA) is 103 Å². The Labute approximate surface area is 175 Å². The summed E-state index contributed by atoms with van der Waals surface area (Å²) in [4.78, 5) is 22.7. The number of carbonyl (C=O) groups excluding carboxylic acids is 1. The normalized spacial score (nSPS) is 11.3. The van der Waals surface area contributed by atoms with Crippen LogP contribution in [0.3, 0.4) is 0 Å². The van der Waals surface area contributed by atoms with E-state index < -0.39 is 16.9 Å². The molecule has 2 aromatic rings. The number of hydrogen-bond donors (Lipinski definition) is 2. The van der Waals surface area contributed by atoms with Gasteiger partial charge in [0.15, 0.2) is 17.0 Å². The molecule has 1 unspecified atom stereocenters. The van der Waals surface area contributed by atoms with Crippen molar-refractivity contribution in [3.05, 3.63) is 56.6 Å². The lowest BCUT2D eigenvalue weighted by Gasteiger charge is -2.16. The summed E-state index contributed by atoms with van der Waals surface area (Å²) in [6, 6.07) is 8.80. The van der Waals surface area contributed by atoms with Crippen LogP contribution in [0.2, 0.25) is 10.0 Å². The number of benzene rings is 2. The number of nitrogens with zero attached hydrogens (tertiary/aromatic N) is 1. The Morgan fingerprint density at radius 3 is 2.50 bits per heavy atom. The summed E-state index contributed by atoms with van der Waals surface area (Å²) in [6.45, 7) is 1.51. The zero-order valence-electron chi connectivity index (χ0n) is 14.7. The largest absolute Gasteiger partial charge is 0.490 e. The third-order valence-electron chi connectivity index (χ3n) is 3.44. The first-order valence-corrected chi connectivity index (χ1v) is 8.93. The van der Waals surface area contributed by atoms with E-state index in [1.165, 1.54) is 38.3 Å². The molecule has 0 spiro atoms. The number of nitro groups is 1. The van der Waals surface area contributed by atoms with Crippen molar-refractivity contribution in [3.63, 3.8) is 0 Å². The van der Waals surface area contributed by atoms with Gasteiger partial charge in [-0.3, -0.25) is 20.2 Å². The fourth-order valence-electron chi connectivity index (χ4n) is 2.10. The Morgan fingerprint density at radius 1 is 1.21 bits per heavy atom. The number of ether oxygens (including phenoxy) is 2. The molecule has 0 saturated carbocycles. The Balaban J connectivity index is 1.99. The molecule has 148 valence electrons. The molecule has 0 heterocycles. The van der Waals surface area contributed by atoms with Crippen LogP contribution in [-0.2, 0) is 4.79 Å². The number of methoxy groups -OCH3 is 1. The van der Waals surface area contributed by atoms with E-state index in [4.69, 9.17) is 44.9 Å². The molecular weight excluding hydrogens is 429 g/mol. The maximum atomic E-state index is 12.2. The molecular formula is C17H15Cl2N3O5S. The lowest BCUT2D eigenvalue weighted by molar-refractivity contribution is -0.385. The monoisotopic (exact) mass is 443 g/mol. The average molecular weight is 444 g/mol. The minimum absolute atomic E-state index is 0.0536. The van der Waals surface area contributed by atoms with Gasteiger partial charge in [0, 0.05) is 16.8 Å². The number of halogens is 2. The molecule has 0 fully saturated rings. The van der Waals surface area contributed by atoms with Crippen LogP contribution in [0.5, 0.6) is 11.5 Å². The number of rotatable bonds is 6. The molecule has 0 aliphatic heterocycles. The molecule has 11 heteroatoms. The van der Waals surface area contributed by atoms with E-state index in [1.807, 2.05) is 0 Å². The smallest absolute Gasteiger partial charge is 0.312 e. The van der Waals surface area contributed by atoms with Crippen molar-refractivity contribution < 1.29 is 19.2 Å². The summed E-state index contributed by atoms with van der Waals surface area (Å²) in [6.07, 6.45) is -0.913. The molecule has 2 aromatic carbocycles. The van der Waals surface area contributed by atoms with Gasteiger partial charge in [-0.25, -0.2) is 0 Å². The Hall–Kier alpha value is -2.62. The SMILES string of the molecule is COc1ccc(NC(=S)NC(=O)C(C)Oc2ccc(Cl)cc2Cl)cc1[N+](=O)[O-]. The predicted octanol–water partition coefficient (Wildman–Crippen LogP) is 4.19. The van der Waals surface area contributed by atoms with Gasteiger partial charge in [-0.2, -0.15) is 0 Å². The highest BCUT2D eigenvalue weighted by Crippen LogP contribution is 2.30. The molecule has 0 aliphatic rings. The van der Waals surface area contributed by atoms with Crippen LogP contribution in [0.25, 0.3) is 0 Å². The van der Waals surface area contributed by atoms with Crippen molar-refractivity contribution in [2.45, 2.75) is 13.0 Å². The fraction of sp³-hybridized carbons (Fsp3) is 0.176. The third kappa shape index (κ3) is 5.69. The quantitative estimate of drug-likeness (QED) is 0.391. The summed E-state index contributed by atoms with van der Waals surface area (Å²) >= 11 is 16.9. The van der Waals surface area contributed by atoms with Crippen LogP contribution >= 0.6 is 35.4 Å². The van der Waals surface area contributed by atoms with Gasteiger partial charge in [0.05, 0.1) is 17.1 Å². The lowest BCUT2D eigenvalue weighted by atomic mass is 10.2. The standard InChI is InChI=1S/C17H15Cl2N3O5S/c1-9(27-14-5-3-10(18)7-12(14)19)16(23)21-17(28)20-11-4-6-15(26-2)13(8-11)22(24)25/h3-9H,1-2H3,(H2,20,21,23,28). The second-order valence-electron chi connectivity index (χ2n) is 5.42. The molecule has 2 rings (SSSR count). The first kappa shape index (κ1) is 21.7. The van der Waals surface area contributed by atoms with Gasteiger partial charge in [-0.1, -0.05) is 23.2 Å². The van der Waals surface area contributed by atoms with Crippen LogP contribution in [-0.4, -0.2) is 29.2 Å². The Kier molecular flexibility index (Phi) is 7.38. The van der Waals surface area contributed by atoms with Crippen molar-refractivity contribution in [1.29, 1.82) is 0 Å². The second-order valence-corrected chi connectivity index (χ2v) is 6.67. The zero-order valence-corrected chi connectivity index (χ0v) is 17.0. The van der Waals surface area contributed by atoms with Crippen molar-refractivity contribution in [1.82, 2.24) is 5.32 Å². The zero-order chi connectivity index (χ0) is 20.8. The van der Waals surface area contributed by atoms with E-state index in [0.717, 1.165) is 0 Å². The molecule has 0 saturated heterocycles. The maximum Gasteiger partial charge on any atom is 0.312 e. The van der Waals surface area contributed by atoms with Gasteiger partial charge < -0.3 is 14.8 Å². The number of nitrogens with one attached hydrogen (secondary N) is 2. The Morgan fingerprint density at radius 2 is 1.89 bits per heavy atom. The van der Waals surface area contributed by atoms with Crippen LogP contribution in [0.15, 0.2) is 36.4 Å². The van der Waals surface area contributed by atoms with Crippen LogP contribution in [0.4, 0.5) is 11.4 Å². The summed E-state index contributed by atoms with van der Waals surface area (Å²) < 4.78 is 10.4. The summed E-state index contributed by atoms with van der Waals surface area (Å²) in [5.74, 6) is -0.141. The predicted molar refractivity (Wildman–Crippen MR) is 111 cm³/mol. The summed E-state index contributed by atoms with van der Waals surface area (Å²) in [5.41, 5.74) is 0.0721. The summed E-state index contributed by atoms with van der Waals surface area (Å²) in [5, 5.41) is 16.9. The molecule has 0 aliphatic carbocycles. The van der Waals surface area contributed by atoms with Gasteiger partial charge in [-0.15, -0.1) is 0 Å². The number of anilines is 1. The van der Waals surface area contributed by atoms with Gasteiger partial charge in [0.25, 0.3) is 5.91 Å². The number of carbonyl (C=O) groups is 1. The molecule has 28 heavy (non-hydrogen) atoms. The van der Waals surface area contributed by atoms with Gasteiger partial charge in [0.2, 0.25) is 0 Å². The first-order valence-electron chi connectivity index (χ1n) is 7.77. The van der Waals surface area contributed by atoms with Crippen molar-refractivity contribution in [3.8, 4) is 11.5 Å². The van der Waals surface area contributed by atoms with Gasteiger partial charge >= 0.3 is 5.69 Å². The van der Waals surface area contributed by atoms with E-state index in [0.29, 0.717) is 16.5 Å². The highest BCUT2D eigenvalue weighted by atomic mass is 35.5. The third-order valence-corrected chi connectivity index (χ3v) is 4.17. The number of hydrogen-bond acceptors (Lipinski definition) is 6. The molecule has 0 aromatic heterocycles. The van der Waals surface area contributed by atoms with Crippen molar-refractivity contribution in [2.24, 2.45) is 0 Å². The second kappa shape index (κ2) is 9.54. The van der Waals surface area contributed by atoms with E-state index in [-0.39, 0.29) is 21.6 Å². The number of amides is 1. The molecule has 8 nitrogen and oxygen atoms in total. The Bertz CT molecular complexity index is 926. The number of thiocarbonyl (C=S) groups is 1. The minimum atomic E-state index is -0.913. The van der Waals surface area contributed by atoms with E-state index >= 15 is 0 Å².